The van der Waals surface area contributed by atoms with Crippen LogP contribution in [-0.2, 0) is 0 Å². The van der Waals surface area contributed by atoms with Gasteiger partial charge in [-0.25, -0.2) is 9.97 Å². The molecule has 4 heteroatoms. The van der Waals surface area contributed by atoms with Crippen molar-refractivity contribution in [3.8, 4) is 0 Å². The van der Waals surface area contributed by atoms with E-state index in [2.05, 4.69) is 9.97 Å². The Kier molecular flexibility index (Phi) is 2.26. The molecule has 0 saturated heterocycles. The second-order valence-electron chi connectivity index (χ2n) is 3.85. The molecule has 0 aliphatic carbocycles. The van der Waals surface area contributed by atoms with Crippen molar-refractivity contribution in [1.82, 2.24) is 14.4 Å². The van der Waals surface area contributed by atoms with Gasteiger partial charge in [-0.3, -0.25) is 9.20 Å². The number of nitrogens with zero attached hydrogens (tertiary/aromatic N) is 3. The SMILES string of the molecule is CC(=O)c1c(C(C)C)nc2ncccn12. The van der Waals surface area contributed by atoms with Crippen LogP contribution in [0.3, 0.4) is 0 Å². The number of fused-ring (bicyclic) bond motifs is 1. The minimum absolute atomic E-state index is 0.0270. The zero-order valence-electron chi connectivity index (χ0n) is 9.06. The number of hydrogen-bond acceptors (Lipinski definition) is 3. The standard InChI is InChI=1S/C11H13N3O/c1-7(2)9-10(8(3)15)14-6-4-5-12-11(14)13-9/h4-7H,1-3H3. The number of imidazole rings is 1. The van der Waals surface area contributed by atoms with Crippen molar-refractivity contribution in [2.24, 2.45) is 0 Å². The predicted molar refractivity (Wildman–Crippen MR) is 57.1 cm³/mol. The van der Waals surface area contributed by atoms with E-state index in [0.29, 0.717) is 11.5 Å². The third-order valence-electron chi connectivity index (χ3n) is 2.31. The predicted octanol–water partition coefficient (Wildman–Crippen LogP) is 2.06. The Morgan fingerprint density at radius 2 is 2.20 bits per heavy atom. The van der Waals surface area contributed by atoms with Crippen LogP contribution < -0.4 is 0 Å². The maximum atomic E-state index is 11.6. The topological polar surface area (TPSA) is 47.3 Å². The fraction of sp³-hybridized carbons (Fsp3) is 0.364. The lowest BCUT2D eigenvalue weighted by atomic mass is 10.1. The molecule has 0 fully saturated rings. The molecule has 0 bridgehead atoms. The van der Waals surface area contributed by atoms with Gasteiger partial charge in [-0.15, -0.1) is 0 Å². The van der Waals surface area contributed by atoms with Gasteiger partial charge >= 0.3 is 0 Å². The first kappa shape index (κ1) is 9.83. The fourth-order valence-electron chi connectivity index (χ4n) is 1.66. The van der Waals surface area contributed by atoms with Crippen LogP contribution >= 0.6 is 0 Å². The summed E-state index contributed by atoms with van der Waals surface area (Å²) in [4.78, 5) is 20.0. The molecule has 0 aromatic carbocycles. The maximum absolute atomic E-state index is 11.6. The molecule has 0 radical (unpaired) electrons. The number of aromatic nitrogens is 3. The van der Waals surface area contributed by atoms with Crippen molar-refractivity contribution in [3.05, 3.63) is 29.8 Å². The van der Waals surface area contributed by atoms with Crippen LogP contribution in [-0.4, -0.2) is 20.2 Å². The summed E-state index contributed by atoms with van der Waals surface area (Å²) >= 11 is 0. The van der Waals surface area contributed by atoms with E-state index in [0.717, 1.165) is 5.69 Å². The van der Waals surface area contributed by atoms with E-state index in [-0.39, 0.29) is 11.7 Å². The zero-order chi connectivity index (χ0) is 11.0. The van der Waals surface area contributed by atoms with E-state index in [4.69, 9.17) is 0 Å². The van der Waals surface area contributed by atoms with Crippen LogP contribution in [0.5, 0.6) is 0 Å². The van der Waals surface area contributed by atoms with E-state index >= 15 is 0 Å². The Labute approximate surface area is 88.0 Å². The molecule has 0 amide bonds. The van der Waals surface area contributed by atoms with Gasteiger partial charge in [-0.2, -0.15) is 0 Å². The summed E-state index contributed by atoms with van der Waals surface area (Å²) in [6, 6.07) is 1.80. The van der Waals surface area contributed by atoms with Crippen LogP contribution in [0.25, 0.3) is 5.78 Å². The van der Waals surface area contributed by atoms with Gasteiger partial charge in [0.15, 0.2) is 5.78 Å². The summed E-state index contributed by atoms with van der Waals surface area (Å²) in [5.74, 6) is 0.844. The summed E-state index contributed by atoms with van der Waals surface area (Å²) in [7, 11) is 0. The van der Waals surface area contributed by atoms with Crippen LogP contribution in [0.15, 0.2) is 18.5 Å². The van der Waals surface area contributed by atoms with Gasteiger partial charge < -0.3 is 0 Å². The smallest absolute Gasteiger partial charge is 0.234 e. The number of hydrogen-bond donors (Lipinski definition) is 0. The highest BCUT2D eigenvalue weighted by atomic mass is 16.1. The van der Waals surface area contributed by atoms with E-state index in [1.54, 1.807) is 23.6 Å². The quantitative estimate of drug-likeness (QED) is 0.702. The largest absolute Gasteiger partial charge is 0.293 e. The molecule has 0 unspecified atom stereocenters. The average Bonchev–Trinajstić information content (AvgIpc) is 2.56. The fourth-order valence-corrected chi connectivity index (χ4v) is 1.66. The molecule has 0 atom stereocenters. The van der Waals surface area contributed by atoms with Crippen molar-refractivity contribution >= 4 is 11.6 Å². The van der Waals surface area contributed by atoms with Gasteiger partial charge in [0, 0.05) is 19.3 Å². The van der Waals surface area contributed by atoms with Crippen molar-refractivity contribution in [3.63, 3.8) is 0 Å². The number of ketones is 1. The molecule has 2 heterocycles. The molecule has 0 N–H and O–H groups in total. The van der Waals surface area contributed by atoms with Gasteiger partial charge in [0.2, 0.25) is 5.78 Å². The summed E-state index contributed by atoms with van der Waals surface area (Å²) in [5, 5.41) is 0. The van der Waals surface area contributed by atoms with Gasteiger partial charge in [0.25, 0.3) is 0 Å². The normalized spacial score (nSPS) is 11.2. The van der Waals surface area contributed by atoms with Crippen molar-refractivity contribution in [2.45, 2.75) is 26.7 Å². The molecular weight excluding hydrogens is 190 g/mol. The molecule has 78 valence electrons. The van der Waals surface area contributed by atoms with E-state index in [9.17, 15) is 4.79 Å². The van der Waals surface area contributed by atoms with Crippen LogP contribution in [0.1, 0.15) is 42.9 Å². The first-order valence-corrected chi connectivity index (χ1v) is 4.95. The molecule has 0 spiro atoms. The molecule has 0 aliphatic heterocycles. The Hall–Kier alpha value is -1.71. The van der Waals surface area contributed by atoms with Gasteiger partial charge in [0.05, 0.1) is 5.69 Å². The number of carbonyl (C=O) groups excluding carboxylic acids is 1. The van der Waals surface area contributed by atoms with Crippen LogP contribution in [0, 0.1) is 0 Å². The molecule has 0 saturated carbocycles. The number of carbonyl (C=O) groups is 1. The minimum Gasteiger partial charge on any atom is -0.293 e. The second-order valence-corrected chi connectivity index (χ2v) is 3.85. The molecule has 4 nitrogen and oxygen atoms in total. The summed E-state index contributed by atoms with van der Waals surface area (Å²) in [6.07, 6.45) is 3.49. The molecular formula is C11H13N3O. The second kappa shape index (κ2) is 3.46. The Balaban J connectivity index is 2.80. The van der Waals surface area contributed by atoms with E-state index < -0.39 is 0 Å². The van der Waals surface area contributed by atoms with Crippen molar-refractivity contribution in [1.29, 1.82) is 0 Å². The molecule has 2 rings (SSSR count). The third-order valence-corrected chi connectivity index (χ3v) is 2.31. The lowest BCUT2D eigenvalue weighted by molar-refractivity contribution is 0.101. The third kappa shape index (κ3) is 1.52. The molecule has 0 aliphatic rings. The van der Waals surface area contributed by atoms with Gasteiger partial charge in [0.1, 0.15) is 5.69 Å². The highest BCUT2D eigenvalue weighted by Gasteiger charge is 2.18. The number of rotatable bonds is 2. The highest BCUT2D eigenvalue weighted by molar-refractivity contribution is 5.94. The first-order valence-electron chi connectivity index (χ1n) is 4.95. The Bertz CT molecular complexity index is 514. The summed E-state index contributed by atoms with van der Waals surface area (Å²) in [5.41, 5.74) is 1.47. The Morgan fingerprint density at radius 1 is 1.47 bits per heavy atom. The molecule has 2 aromatic heterocycles. The van der Waals surface area contributed by atoms with Crippen molar-refractivity contribution < 1.29 is 4.79 Å². The molecule has 2 aromatic rings. The summed E-state index contributed by atoms with van der Waals surface area (Å²) in [6.45, 7) is 5.60. The molecule has 15 heavy (non-hydrogen) atoms. The maximum Gasteiger partial charge on any atom is 0.234 e. The van der Waals surface area contributed by atoms with Crippen LogP contribution in [0.2, 0.25) is 0 Å². The average molecular weight is 203 g/mol. The zero-order valence-corrected chi connectivity index (χ0v) is 9.06. The van der Waals surface area contributed by atoms with Crippen LogP contribution in [0.4, 0.5) is 0 Å². The first-order chi connectivity index (χ1) is 7.11. The Morgan fingerprint density at radius 3 is 2.80 bits per heavy atom. The minimum atomic E-state index is 0.0270. The lowest BCUT2D eigenvalue weighted by Crippen LogP contribution is -2.03. The lowest BCUT2D eigenvalue weighted by Gasteiger charge is -2.02. The van der Waals surface area contributed by atoms with Gasteiger partial charge in [-0.1, -0.05) is 13.8 Å². The van der Waals surface area contributed by atoms with E-state index in [1.165, 1.54) is 0 Å². The number of Topliss-reactive ketones (excluding diaryl/α,β-unsaturated/α-hetero) is 1. The highest BCUT2D eigenvalue weighted by Crippen LogP contribution is 2.19. The summed E-state index contributed by atoms with van der Waals surface area (Å²) < 4.78 is 1.75. The van der Waals surface area contributed by atoms with E-state index in [1.807, 2.05) is 20.0 Å². The van der Waals surface area contributed by atoms with Gasteiger partial charge in [-0.05, 0) is 12.0 Å². The monoisotopic (exact) mass is 203 g/mol. The van der Waals surface area contributed by atoms with Crippen molar-refractivity contribution in [2.75, 3.05) is 0 Å².